The molecule has 3 aromatic carbocycles. The van der Waals surface area contributed by atoms with Crippen molar-refractivity contribution in [1.82, 2.24) is 9.88 Å². The molecule has 200 valence electrons. The summed E-state index contributed by atoms with van der Waals surface area (Å²) in [6.45, 7) is -0.365. The van der Waals surface area contributed by atoms with Crippen molar-refractivity contribution >= 4 is 37.9 Å². The van der Waals surface area contributed by atoms with Crippen LogP contribution in [-0.2, 0) is 37.1 Å². The molecule has 0 aliphatic heterocycles. The molecule has 39 heavy (non-hydrogen) atoms. The molecule has 0 saturated carbocycles. The van der Waals surface area contributed by atoms with Crippen molar-refractivity contribution < 1.29 is 32.6 Å². The van der Waals surface area contributed by atoms with Crippen LogP contribution in [0.1, 0.15) is 22.6 Å². The molecular weight excluding hydrogens is 520 g/mol. The van der Waals surface area contributed by atoms with Crippen molar-refractivity contribution in [3.05, 3.63) is 95.7 Å². The highest BCUT2D eigenvalue weighted by Gasteiger charge is 2.30. The van der Waals surface area contributed by atoms with Gasteiger partial charge >= 0.3 is 12.1 Å². The topological polar surface area (TPSA) is 132 Å². The maximum Gasteiger partial charge on any atom is 0.407 e. The Bertz CT molecular complexity index is 1660. The summed E-state index contributed by atoms with van der Waals surface area (Å²) in [5.74, 6) is -1.43. The fourth-order valence-electron chi connectivity index (χ4n) is 5.07. The molecule has 0 fully saturated rings. The molecule has 0 unspecified atom stereocenters. The quantitative estimate of drug-likeness (QED) is 0.344. The number of hydrogen-bond donors (Lipinski definition) is 2. The fourth-order valence-corrected chi connectivity index (χ4v) is 5.45. The molecule has 9 nitrogen and oxygen atoms in total. The lowest BCUT2D eigenvalue weighted by molar-refractivity contribution is -0.139. The third-order valence-corrected chi connectivity index (χ3v) is 7.90. The van der Waals surface area contributed by atoms with Crippen LogP contribution < -0.4 is 5.32 Å². The maximum atomic E-state index is 12.7. The molecule has 0 bridgehead atoms. The lowest BCUT2D eigenvalue weighted by atomic mass is 9.98. The number of para-hydroxylation sites is 1. The van der Waals surface area contributed by atoms with E-state index in [1.807, 2.05) is 48.5 Å². The Kier molecular flexibility index (Phi) is 6.96. The van der Waals surface area contributed by atoms with Gasteiger partial charge in [0.2, 0.25) is 9.84 Å². The van der Waals surface area contributed by atoms with E-state index < -0.39 is 39.6 Å². The Morgan fingerprint density at radius 3 is 2.15 bits per heavy atom. The first-order valence-corrected chi connectivity index (χ1v) is 14.2. The van der Waals surface area contributed by atoms with Gasteiger partial charge in [-0.1, -0.05) is 66.7 Å². The Morgan fingerprint density at radius 2 is 1.54 bits per heavy atom. The number of aliphatic carboxylic acids is 1. The van der Waals surface area contributed by atoms with Crippen molar-refractivity contribution in [2.75, 3.05) is 12.9 Å². The number of rotatable bonds is 8. The van der Waals surface area contributed by atoms with Gasteiger partial charge in [-0.2, -0.15) is 0 Å². The first kappa shape index (κ1) is 26.2. The van der Waals surface area contributed by atoms with E-state index in [-0.39, 0.29) is 18.9 Å². The van der Waals surface area contributed by atoms with Crippen LogP contribution in [0.3, 0.4) is 0 Å². The van der Waals surface area contributed by atoms with Crippen molar-refractivity contribution in [2.24, 2.45) is 0 Å². The zero-order valence-electron chi connectivity index (χ0n) is 21.0. The number of nitrogens with one attached hydrogen (secondary N) is 1. The number of carbonyl (C=O) groups excluding carboxylic acids is 2. The summed E-state index contributed by atoms with van der Waals surface area (Å²) in [6, 6.07) is 21.4. The minimum absolute atomic E-state index is 0.0408. The number of aromatic nitrogens is 1. The molecule has 2 N–H and O–H groups in total. The minimum Gasteiger partial charge on any atom is -0.480 e. The zero-order chi connectivity index (χ0) is 27.7. The predicted molar refractivity (Wildman–Crippen MR) is 145 cm³/mol. The summed E-state index contributed by atoms with van der Waals surface area (Å²) < 4.78 is 30.3. The van der Waals surface area contributed by atoms with Crippen LogP contribution in [-0.4, -0.2) is 54.2 Å². The first-order chi connectivity index (χ1) is 18.6. The number of hydrogen-bond acceptors (Lipinski definition) is 6. The molecule has 1 amide bonds. The largest absolute Gasteiger partial charge is 0.480 e. The lowest BCUT2D eigenvalue weighted by Gasteiger charge is -2.17. The van der Waals surface area contributed by atoms with E-state index >= 15 is 0 Å². The average Bonchev–Trinajstić information content (AvgIpc) is 3.42. The van der Waals surface area contributed by atoms with Crippen LogP contribution in [0, 0.1) is 0 Å². The van der Waals surface area contributed by atoms with Gasteiger partial charge in [0, 0.05) is 35.7 Å². The van der Waals surface area contributed by atoms with Crippen molar-refractivity contribution in [3.63, 3.8) is 0 Å². The van der Waals surface area contributed by atoms with Gasteiger partial charge in [-0.25, -0.2) is 18.0 Å². The molecule has 0 radical (unpaired) electrons. The summed E-state index contributed by atoms with van der Waals surface area (Å²) in [5.41, 5.74) is 5.36. The average molecular weight is 547 g/mol. The number of nitrogens with zero attached hydrogens (tertiary/aromatic N) is 1. The van der Waals surface area contributed by atoms with E-state index in [1.54, 1.807) is 30.5 Å². The van der Waals surface area contributed by atoms with Crippen molar-refractivity contribution in [3.8, 4) is 11.1 Å². The number of carboxylic acid groups (broad SMARTS) is 1. The Balaban J connectivity index is 1.31. The second kappa shape index (κ2) is 10.4. The SMILES string of the molecule is CS(=O)(=O)C(=O)Cn1cc(C[C@H](NC(=O)OCC2c3ccccc3-c3ccccc32)C(=O)O)c2ccccc21. The van der Waals surface area contributed by atoms with Crippen molar-refractivity contribution in [2.45, 2.75) is 24.9 Å². The Hall–Kier alpha value is -4.44. The highest BCUT2D eigenvalue weighted by atomic mass is 32.2. The minimum atomic E-state index is -3.89. The van der Waals surface area contributed by atoms with Gasteiger partial charge in [-0.15, -0.1) is 0 Å². The smallest absolute Gasteiger partial charge is 0.407 e. The van der Waals surface area contributed by atoms with E-state index in [0.717, 1.165) is 28.5 Å². The second-order valence-corrected chi connectivity index (χ2v) is 11.5. The van der Waals surface area contributed by atoms with E-state index in [2.05, 4.69) is 5.32 Å². The molecule has 0 spiro atoms. The van der Waals surface area contributed by atoms with Gasteiger partial charge in [0.15, 0.2) is 0 Å². The standard InChI is InChI=1S/C29H26N2O7S/c1-39(36,37)27(32)16-31-15-18(19-8-6-7-13-26(19)31)14-25(28(33)34)30-29(35)38-17-24-22-11-4-2-9-20(22)21-10-3-5-12-23(21)24/h2-13,15,24-25H,14,16-17H2,1H3,(H,30,35)(H,33,34)/t25-/m0/s1. The molecule has 1 aliphatic rings. The van der Waals surface area contributed by atoms with E-state index in [1.165, 1.54) is 4.57 Å². The summed E-state index contributed by atoms with van der Waals surface area (Å²) in [7, 11) is -3.89. The highest BCUT2D eigenvalue weighted by Crippen LogP contribution is 2.44. The van der Waals surface area contributed by atoms with Crippen LogP contribution in [0.2, 0.25) is 0 Å². The number of amides is 1. The zero-order valence-corrected chi connectivity index (χ0v) is 21.9. The molecular formula is C29H26N2O7S. The van der Waals surface area contributed by atoms with Gasteiger partial charge in [-0.3, -0.25) is 4.79 Å². The summed E-state index contributed by atoms with van der Waals surface area (Å²) >= 11 is 0. The van der Waals surface area contributed by atoms with Gasteiger partial charge in [-0.05, 0) is 33.9 Å². The van der Waals surface area contributed by atoms with Gasteiger partial charge in [0.05, 0.1) is 6.54 Å². The molecule has 1 atom stereocenters. The predicted octanol–water partition coefficient (Wildman–Crippen LogP) is 3.75. The number of benzene rings is 3. The third-order valence-electron chi connectivity index (χ3n) is 6.94. The van der Waals surface area contributed by atoms with Crippen molar-refractivity contribution in [1.29, 1.82) is 0 Å². The summed E-state index contributed by atoms with van der Waals surface area (Å²) in [4.78, 5) is 36.9. The number of alkyl carbamates (subject to hydrolysis) is 1. The molecule has 5 rings (SSSR count). The molecule has 1 aliphatic carbocycles. The van der Waals surface area contributed by atoms with E-state index in [0.29, 0.717) is 16.5 Å². The molecule has 10 heteroatoms. The summed E-state index contributed by atoms with van der Waals surface area (Å²) in [5, 5.41) is 12.0. The normalized spacial score (nSPS) is 13.5. The van der Waals surface area contributed by atoms with Gasteiger partial charge in [0.1, 0.15) is 12.6 Å². The van der Waals surface area contributed by atoms with Crippen LogP contribution in [0.4, 0.5) is 4.79 Å². The number of carboxylic acids is 1. The van der Waals surface area contributed by atoms with Crippen LogP contribution in [0.5, 0.6) is 0 Å². The Morgan fingerprint density at radius 1 is 0.949 bits per heavy atom. The maximum absolute atomic E-state index is 12.7. The summed E-state index contributed by atoms with van der Waals surface area (Å²) in [6.07, 6.45) is 1.43. The van der Waals surface area contributed by atoms with E-state index in [9.17, 15) is 27.9 Å². The van der Waals surface area contributed by atoms with Crippen LogP contribution in [0.15, 0.2) is 79.0 Å². The molecule has 4 aromatic rings. The van der Waals surface area contributed by atoms with Gasteiger partial charge in [0.25, 0.3) is 5.12 Å². The third kappa shape index (κ3) is 5.28. The van der Waals surface area contributed by atoms with Crippen LogP contribution >= 0.6 is 0 Å². The number of fused-ring (bicyclic) bond motifs is 4. The first-order valence-electron chi connectivity index (χ1n) is 12.3. The monoisotopic (exact) mass is 546 g/mol. The molecule has 0 saturated heterocycles. The number of carbonyl (C=O) groups is 3. The lowest BCUT2D eigenvalue weighted by Crippen LogP contribution is -2.42. The van der Waals surface area contributed by atoms with E-state index in [4.69, 9.17) is 4.74 Å². The second-order valence-electron chi connectivity index (χ2n) is 9.51. The highest BCUT2D eigenvalue weighted by molar-refractivity contribution is 8.05. The number of sulfone groups is 1. The fraction of sp³-hybridized carbons (Fsp3) is 0.207. The molecule has 1 aromatic heterocycles. The molecule has 1 heterocycles. The van der Waals surface area contributed by atoms with Gasteiger partial charge < -0.3 is 19.7 Å². The Labute approximate surface area is 224 Å². The number of ether oxygens (including phenoxy) is 1. The van der Waals surface area contributed by atoms with Crippen LogP contribution in [0.25, 0.3) is 22.0 Å².